The molecule has 9 heteroatoms. The normalized spacial score (nSPS) is 11.6. The van der Waals surface area contributed by atoms with Crippen LogP contribution in [0.15, 0.2) is 30.6 Å². The second kappa shape index (κ2) is 7.89. The Morgan fingerprint density at radius 3 is 2.74 bits per heavy atom. The van der Waals surface area contributed by atoms with Crippen molar-refractivity contribution >= 4 is 40.2 Å². The van der Waals surface area contributed by atoms with Gasteiger partial charge in [-0.3, -0.25) is 0 Å². The van der Waals surface area contributed by atoms with Crippen molar-refractivity contribution in [2.24, 2.45) is 0 Å². The highest BCUT2D eigenvalue weighted by Gasteiger charge is 2.15. The van der Waals surface area contributed by atoms with Crippen LogP contribution in [-0.2, 0) is 6.42 Å². The van der Waals surface area contributed by atoms with Crippen molar-refractivity contribution in [3.8, 4) is 0 Å². The first-order valence-electron chi connectivity index (χ1n) is 8.54. The van der Waals surface area contributed by atoms with Crippen LogP contribution in [0, 0.1) is 0 Å². The van der Waals surface area contributed by atoms with Crippen LogP contribution in [0.4, 0.5) is 17.7 Å². The minimum atomic E-state index is -0.866. The lowest BCUT2D eigenvalue weighted by molar-refractivity contribution is 0.0944. The Hall–Kier alpha value is -2.71. The summed E-state index contributed by atoms with van der Waals surface area (Å²) in [6.45, 7) is 4.41. The summed E-state index contributed by atoms with van der Waals surface area (Å²) in [5.41, 5.74) is 6.41. The zero-order valence-electron chi connectivity index (χ0n) is 15.2. The van der Waals surface area contributed by atoms with Gasteiger partial charge in [-0.05, 0) is 38.0 Å². The number of rotatable bonds is 7. The number of hydrogen-bond acceptors (Lipinski definition) is 8. The van der Waals surface area contributed by atoms with E-state index in [1.807, 2.05) is 24.3 Å². The number of nitrogen functional groups attached to an aromatic ring is 1. The van der Waals surface area contributed by atoms with Crippen LogP contribution in [0.1, 0.15) is 19.4 Å². The number of aliphatic hydroxyl groups is 1. The molecule has 3 rings (SSSR count). The second-order valence-electron chi connectivity index (χ2n) is 6.82. The van der Waals surface area contributed by atoms with E-state index < -0.39 is 5.60 Å². The summed E-state index contributed by atoms with van der Waals surface area (Å²) in [5, 5.41) is 17.9. The molecule has 8 nitrogen and oxygen atoms in total. The summed E-state index contributed by atoms with van der Waals surface area (Å²) in [5.74, 6) is 1.28. The number of para-hydroxylation sites is 1. The first-order chi connectivity index (χ1) is 12.8. The Labute approximate surface area is 162 Å². The molecular formula is C18H22ClN7O. The highest BCUT2D eigenvalue weighted by Crippen LogP contribution is 2.26. The Balaban J connectivity index is 1.82. The van der Waals surface area contributed by atoms with E-state index in [-0.39, 0.29) is 5.95 Å². The van der Waals surface area contributed by atoms with E-state index in [0.717, 1.165) is 16.5 Å². The van der Waals surface area contributed by atoms with Gasteiger partial charge in [0.15, 0.2) is 0 Å². The third-order valence-electron chi connectivity index (χ3n) is 3.83. The molecule has 0 aliphatic carbocycles. The van der Waals surface area contributed by atoms with Gasteiger partial charge in [0.05, 0.1) is 16.1 Å². The van der Waals surface area contributed by atoms with Crippen molar-refractivity contribution in [1.82, 2.24) is 19.9 Å². The Kier molecular flexibility index (Phi) is 5.57. The maximum atomic E-state index is 10.0. The van der Waals surface area contributed by atoms with E-state index in [9.17, 15) is 5.11 Å². The predicted molar refractivity (Wildman–Crippen MR) is 108 cm³/mol. The quantitative estimate of drug-likeness (QED) is 0.487. The SMILES string of the molecule is CC(C)(O)CNc1nc2c(Cl)cccc2cc1CCNc1ncnc(N)n1. The summed E-state index contributed by atoms with van der Waals surface area (Å²) in [6, 6.07) is 7.72. The van der Waals surface area contributed by atoms with Gasteiger partial charge in [-0.25, -0.2) is 15.0 Å². The van der Waals surface area contributed by atoms with E-state index >= 15 is 0 Å². The van der Waals surface area contributed by atoms with E-state index in [2.05, 4.69) is 30.6 Å². The molecule has 2 heterocycles. The van der Waals surface area contributed by atoms with Gasteiger partial charge in [-0.2, -0.15) is 4.98 Å². The number of nitrogens with two attached hydrogens (primary N) is 1. The van der Waals surface area contributed by atoms with Crippen LogP contribution in [0.25, 0.3) is 10.9 Å². The molecule has 1 aromatic carbocycles. The van der Waals surface area contributed by atoms with Crippen LogP contribution in [0.3, 0.4) is 0 Å². The second-order valence-corrected chi connectivity index (χ2v) is 7.22. The topological polar surface area (TPSA) is 122 Å². The molecule has 3 aromatic rings. The third-order valence-corrected chi connectivity index (χ3v) is 4.14. The fourth-order valence-electron chi connectivity index (χ4n) is 2.55. The van der Waals surface area contributed by atoms with Crippen LogP contribution in [0.5, 0.6) is 0 Å². The minimum absolute atomic E-state index is 0.169. The van der Waals surface area contributed by atoms with Gasteiger partial charge in [0, 0.05) is 18.5 Å². The van der Waals surface area contributed by atoms with Crippen LogP contribution >= 0.6 is 11.6 Å². The highest BCUT2D eigenvalue weighted by molar-refractivity contribution is 6.35. The van der Waals surface area contributed by atoms with E-state index in [4.69, 9.17) is 17.3 Å². The number of halogens is 1. The molecular weight excluding hydrogens is 366 g/mol. The minimum Gasteiger partial charge on any atom is -0.389 e. The maximum absolute atomic E-state index is 10.0. The average molecular weight is 388 g/mol. The molecule has 0 aliphatic heterocycles. The molecule has 27 heavy (non-hydrogen) atoms. The summed E-state index contributed by atoms with van der Waals surface area (Å²) >= 11 is 6.28. The number of fused-ring (bicyclic) bond motifs is 1. The summed E-state index contributed by atoms with van der Waals surface area (Å²) in [4.78, 5) is 16.5. The van der Waals surface area contributed by atoms with Gasteiger partial charge >= 0.3 is 0 Å². The molecule has 0 atom stereocenters. The summed E-state index contributed by atoms with van der Waals surface area (Å²) in [7, 11) is 0. The molecule has 0 saturated heterocycles. The highest BCUT2D eigenvalue weighted by atomic mass is 35.5. The van der Waals surface area contributed by atoms with Crippen molar-refractivity contribution < 1.29 is 5.11 Å². The number of nitrogens with zero attached hydrogens (tertiary/aromatic N) is 4. The molecule has 142 valence electrons. The monoisotopic (exact) mass is 387 g/mol. The zero-order valence-corrected chi connectivity index (χ0v) is 16.0. The molecule has 0 aliphatic rings. The Morgan fingerprint density at radius 2 is 2.00 bits per heavy atom. The zero-order chi connectivity index (χ0) is 19.4. The first kappa shape index (κ1) is 19.1. The number of anilines is 3. The molecule has 0 bridgehead atoms. The van der Waals surface area contributed by atoms with E-state index in [1.165, 1.54) is 6.33 Å². The number of hydrogen-bond donors (Lipinski definition) is 4. The Bertz CT molecular complexity index is 943. The number of benzene rings is 1. The van der Waals surface area contributed by atoms with Crippen LogP contribution in [-0.4, -0.2) is 43.7 Å². The van der Waals surface area contributed by atoms with E-state index in [0.29, 0.717) is 36.3 Å². The fourth-order valence-corrected chi connectivity index (χ4v) is 2.78. The largest absolute Gasteiger partial charge is 0.389 e. The number of aromatic nitrogens is 4. The van der Waals surface area contributed by atoms with Crippen molar-refractivity contribution in [2.45, 2.75) is 25.9 Å². The van der Waals surface area contributed by atoms with Crippen molar-refractivity contribution in [3.63, 3.8) is 0 Å². The Morgan fingerprint density at radius 1 is 1.19 bits per heavy atom. The first-order valence-corrected chi connectivity index (χ1v) is 8.92. The lowest BCUT2D eigenvalue weighted by Gasteiger charge is -2.20. The van der Waals surface area contributed by atoms with E-state index in [1.54, 1.807) is 13.8 Å². The molecule has 5 N–H and O–H groups in total. The molecule has 2 aromatic heterocycles. The van der Waals surface area contributed by atoms with Gasteiger partial charge in [-0.1, -0.05) is 23.7 Å². The van der Waals surface area contributed by atoms with Crippen molar-refractivity contribution in [3.05, 3.63) is 41.2 Å². The van der Waals surface area contributed by atoms with Crippen LogP contribution < -0.4 is 16.4 Å². The standard InChI is InChI=1S/C18H22ClN7O/c1-18(2,27)9-22-15-12(6-7-21-17-24-10-23-16(20)26-17)8-11-4-3-5-13(19)14(11)25-15/h3-5,8,10,27H,6-7,9H2,1-2H3,(H,22,25)(H3,20,21,23,24,26). The molecule has 0 fully saturated rings. The molecule has 0 unspecified atom stereocenters. The van der Waals surface area contributed by atoms with Gasteiger partial charge < -0.3 is 21.5 Å². The van der Waals surface area contributed by atoms with Gasteiger partial charge in [-0.15, -0.1) is 0 Å². The van der Waals surface area contributed by atoms with Gasteiger partial charge in [0.25, 0.3) is 0 Å². The van der Waals surface area contributed by atoms with Crippen molar-refractivity contribution in [1.29, 1.82) is 0 Å². The fraction of sp³-hybridized carbons (Fsp3) is 0.333. The van der Waals surface area contributed by atoms with Crippen LogP contribution in [0.2, 0.25) is 5.02 Å². The third kappa shape index (κ3) is 5.15. The lowest BCUT2D eigenvalue weighted by Crippen LogP contribution is -2.30. The smallest absolute Gasteiger partial charge is 0.227 e. The van der Waals surface area contributed by atoms with Crippen molar-refractivity contribution in [2.75, 3.05) is 29.5 Å². The predicted octanol–water partition coefficient (Wildman–Crippen LogP) is 2.49. The van der Waals surface area contributed by atoms with Gasteiger partial charge in [0.1, 0.15) is 12.1 Å². The lowest BCUT2D eigenvalue weighted by atomic mass is 10.1. The molecule has 0 spiro atoms. The molecule has 0 radical (unpaired) electrons. The maximum Gasteiger partial charge on any atom is 0.227 e. The van der Waals surface area contributed by atoms with Gasteiger partial charge in [0.2, 0.25) is 11.9 Å². The molecule has 0 saturated carbocycles. The average Bonchev–Trinajstić information content (AvgIpc) is 2.60. The summed E-state index contributed by atoms with van der Waals surface area (Å²) < 4.78 is 0. The molecule has 0 amide bonds. The number of pyridine rings is 1. The number of nitrogens with one attached hydrogen (secondary N) is 2. The summed E-state index contributed by atoms with van der Waals surface area (Å²) in [6.07, 6.45) is 2.02.